The van der Waals surface area contributed by atoms with E-state index in [1.165, 1.54) is 11.1 Å². The van der Waals surface area contributed by atoms with Crippen LogP contribution in [0.25, 0.3) is 0 Å². The van der Waals surface area contributed by atoms with Gasteiger partial charge < -0.3 is 10.0 Å². The number of benzene rings is 2. The SMILES string of the molecule is Cc1ccccc1C1CCN(C(=O)CCc2ccccc2C(=O)O)C1. The van der Waals surface area contributed by atoms with Crippen LogP contribution in [0.5, 0.6) is 0 Å². The highest BCUT2D eigenvalue weighted by molar-refractivity contribution is 5.89. The van der Waals surface area contributed by atoms with Crippen LogP contribution in [-0.2, 0) is 11.2 Å². The van der Waals surface area contributed by atoms with Gasteiger partial charge in [-0.2, -0.15) is 0 Å². The highest BCUT2D eigenvalue weighted by atomic mass is 16.4. The molecule has 2 aromatic carbocycles. The van der Waals surface area contributed by atoms with E-state index in [9.17, 15) is 14.7 Å². The standard InChI is InChI=1S/C21H23NO3/c1-15-6-2-4-8-18(15)17-12-13-22(14-17)20(23)11-10-16-7-3-5-9-19(16)21(24)25/h2-9,17H,10-14H2,1H3,(H,24,25). The van der Waals surface area contributed by atoms with Crippen molar-refractivity contribution in [2.45, 2.75) is 32.1 Å². The Morgan fingerprint density at radius 3 is 2.60 bits per heavy atom. The van der Waals surface area contributed by atoms with Crippen molar-refractivity contribution in [3.05, 3.63) is 70.8 Å². The van der Waals surface area contributed by atoms with Crippen molar-refractivity contribution in [2.24, 2.45) is 0 Å². The van der Waals surface area contributed by atoms with E-state index in [4.69, 9.17) is 0 Å². The molecule has 0 aliphatic carbocycles. The van der Waals surface area contributed by atoms with Crippen LogP contribution >= 0.6 is 0 Å². The molecule has 1 aliphatic rings. The first-order chi connectivity index (χ1) is 12.1. The predicted octanol–water partition coefficient (Wildman–Crippen LogP) is 3.64. The summed E-state index contributed by atoms with van der Waals surface area (Å²) in [6.45, 7) is 3.64. The molecule has 0 bridgehead atoms. The molecule has 0 spiro atoms. The van der Waals surface area contributed by atoms with Crippen molar-refractivity contribution in [2.75, 3.05) is 13.1 Å². The molecule has 2 aromatic rings. The van der Waals surface area contributed by atoms with Crippen LogP contribution in [-0.4, -0.2) is 35.0 Å². The molecule has 1 atom stereocenters. The molecule has 0 saturated carbocycles. The fraction of sp³-hybridized carbons (Fsp3) is 0.333. The molecule has 4 heteroatoms. The lowest BCUT2D eigenvalue weighted by Gasteiger charge is -2.18. The number of carbonyl (C=O) groups is 2. The quantitative estimate of drug-likeness (QED) is 0.906. The molecule has 1 heterocycles. The van der Waals surface area contributed by atoms with Crippen molar-refractivity contribution >= 4 is 11.9 Å². The number of aryl methyl sites for hydroxylation is 2. The van der Waals surface area contributed by atoms with Crippen LogP contribution in [0, 0.1) is 6.92 Å². The van der Waals surface area contributed by atoms with Crippen molar-refractivity contribution < 1.29 is 14.7 Å². The highest BCUT2D eigenvalue weighted by Gasteiger charge is 2.27. The average Bonchev–Trinajstić information content (AvgIpc) is 3.10. The van der Waals surface area contributed by atoms with Crippen LogP contribution in [0.4, 0.5) is 0 Å². The van der Waals surface area contributed by atoms with E-state index in [1.807, 2.05) is 17.0 Å². The molecule has 4 nitrogen and oxygen atoms in total. The lowest BCUT2D eigenvalue weighted by molar-refractivity contribution is -0.130. The zero-order valence-electron chi connectivity index (χ0n) is 14.4. The summed E-state index contributed by atoms with van der Waals surface area (Å²) in [5, 5.41) is 9.23. The average molecular weight is 337 g/mol. The third-order valence-corrected chi connectivity index (χ3v) is 5.03. The molecule has 3 rings (SSSR count). The Kier molecular flexibility index (Phi) is 5.17. The number of amides is 1. The van der Waals surface area contributed by atoms with E-state index in [-0.39, 0.29) is 11.5 Å². The number of aromatic carboxylic acids is 1. The number of hydrogen-bond donors (Lipinski definition) is 1. The first kappa shape index (κ1) is 17.2. The Hall–Kier alpha value is -2.62. The van der Waals surface area contributed by atoms with Crippen LogP contribution in [0.1, 0.15) is 45.8 Å². The maximum absolute atomic E-state index is 12.5. The zero-order chi connectivity index (χ0) is 17.8. The lowest BCUT2D eigenvalue weighted by Crippen LogP contribution is -2.28. The Labute approximate surface area is 148 Å². The highest BCUT2D eigenvalue weighted by Crippen LogP contribution is 2.29. The Morgan fingerprint density at radius 1 is 1.12 bits per heavy atom. The van der Waals surface area contributed by atoms with Crippen LogP contribution in [0.2, 0.25) is 0 Å². The molecule has 25 heavy (non-hydrogen) atoms. The van der Waals surface area contributed by atoms with Gasteiger partial charge in [0, 0.05) is 25.4 Å². The number of carboxylic acids is 1. The van der Waals surface area contributed by atoms with Gasteiger partial charge in [0.15, 0.2) is 0 Å². The molecular weight excluding hydrogens is 314 g/mol. The summed E-state index contributed by atoms with van der Waals surface area (Å²) >= 11 is 0. The second-order valence-electron chi connectivity index (χ2n) is 6.64. The van der Waals surface area contributed by atoms with Crippen molar-refractivity contribution in [1.29, 1.82) is 0 Å². The third kappa shape index (κ3) is 3.90. The monoisotopic (exact) mass is 337 g/mol. The maximum atomic E-state index is 12.5. The largest absolute Gasteiger partial charge is 0.478 e. The Balaban J connectivity index is 1.60. The molecule has 1 N–H and O–H groups in total. The summed E-state index contributed by atoms with van der Waals surface area (Å²) in [4.78, 5) is 25.7. The lowest BCUT2D eigenvalue weighted by atomic mass is 9.94. The minimum Gasteiger partial charge on any atom is -0.478 e. The topological polar surface area (TPSA) is 57.6 Å². The van der Waals surface area contributed by atoms with E-state index >= 15 is 0 Å². The van der Waals surface area contributed by atoms with Gasteiger partial charge in [0.05, 0.1) is 5.56 Å². The molecule has 0 radical (unpaired) electrons. The van der Waals surface area contributed by atoms with Gasteiger partial charge in [0.25, 0.3) is 0 Å². The van der Waals surface area contributed by atoms with Gasteiger partial charge in [-0.05, 0) is 42.5 Å². The summed E-state index contributed by atoms with van der Waals surface area (Å²) in [7, 11) is 0. The molecule has 130 valence electrons. The van der Waals surface area contributed by atoms with Gasteiger partial charge in [-0.1, -0.05) is 42.5 Å². The van der Waals surface area contributed by atoms with Gasteiger partial charge >= 0.3 is 5.97 Å². The molecule has 1 aliphatic heterocycles. The van der Waals surface area contributed by atoms with Gasteiger partial charge in [-0.25, -0.2) is 4.79 Å². The zero-order valence-corrected chi connectivity index (χ0v) is 14.4. The van der Waals surface area contributed by atoms with E-state index < -0.39 is 5.97 Å². The summed E-state index contributed by atoms with van der Waals surface area (Å²) in [5.74, 6) is -0.434. The molecule has 0 aromatic heterocycles. The van der Waals surface area contributed by atoms with E-state index in [2.05, 4.69) is 25.1 Å². The summed E-state index contributed by atoms with van der Waals surface area (Å²) in [6.07, 6.45) is 1.81. The molecule has 1 unspecified atom stereocenters. The second-order valence-corrected chi connectivity index (χ2v) is 6.64. The molecule has 1 fully saturated rings. The van der Waals surface area contributed by atoms with Crippen molar-refractivity contribution in [3.8, 4) is 0 Å². The van der Waals surface area contributed by atoms with Gasteiger partial charge in [-0.3, -0.25) is 4.79 Å². The van der Waals surface area contributed by atoms with Gasteiger partial charge in [0.1, 0.15) is 0 Å². The Morgan fingerprint density at radius 2 is 1.84 bits per heavy atom. The first-order valence-electron chi connectivity index (χ1n) is 8.70. The first-order valence-corrected chi connectivity index (χ1v) is 8.70. The smallest absolute Gasteiger partial charge is 0.335 e. The van der Waals surface area contributed by atoms with Gasteiger partial charge in [0.2, 0.25) is 5.91 Å². The molecule has 1 saturated heterocycles. The number of nitrogens with zero attached hydrogens (tertiary/aromatic N) is 1. The number of carboxylic acid groups (broad SMARTS) is 1. The normalized spacial score (nSPS) is 16.8. The predicted molar refractivity (Wildman–Crippen MR) is 96.8 cm³/mol. The number of carbonyl (C=O) groups excluding carboxylic acids is 1. The Bertz CT molecular complexity index is 784. The minimum absolute atomic E-state index is 0.108. The van der Waals surface area contributed by atoms with E-state index in [1.54, 1.807) is 18.2 Å². The fourth-order valence-electron chi connectivity index (χ4n) is 3.63. The van der Waals surface area contributed by atoms with Crippen molar-refractivity contribution in [3.63, 3.8) is 0 Å². The number of rotatable bonds is 5. The summed E-state index contributed by atoms with van der Waals surface area (Å²) in [6, 6.07) is 15.3. The minimum atomic E-state index is -0.941. The van der Waals surface area contributed by atoms with Gasteiger partial charge in [-0.15, -0.1) is 0 Å². The summed E-state index contributed by atoms with van der Waals surface area (Å²) < 4.78 is 0. The molecular formula is C21H23NO3. The molecule has 1 amide bonds. The van der Waals surface area contributed by atoms with Crippen LogP contribution in [0.15, 0.2) is 48.5 Å². The second kappa shape index (κ2) is 7.51. The summed E-state index contributed by atoms with van der Waals surface area (Å²) in [5.41, 5.74) is 3.61. The number of hydrogen-bond acceptors (Lipinski definition) is 2. The van der Waals surface area contributed by atoms with E-state index in [0.29, 0.717) is 18.8 Å². The fourth-order valence-corrected chi connectivity index (χ4v) is 3.63. The third-order valence-electron chi connectivity index (χ3n) is 5.03. The van der Waals surface area contributed by atoms with Crippen LogP contribution in [0.3, 0.4) is 0 Å². The number of likely N-dealkylation sites (tertiary alicyclic amines) is 1. The van der Waals surface area contributed by atoms with Crippen molar-refractivity contribution in [1.82, 2.24) is 4.90 Å². The van der Waals surface area contributed by atoms with E-state index in [0.717, 1.165) is 25.1 Å². The van der Waals surface area contributed by atoms with Crippen LogP contribution < -0.4 is 0 Å². The maximum Gasteiger partial charge on any atom is 0.335 e.